The van der Waals surface area contributed by atoms with E-state index in [1.165, 1.54) is 0 Å². The fraction of sp³-hybridized carbons (Fsp3) is 0.105. The van der Waals surface area contributed by atoms with Crippen molar-refractivity contribution in [3.05, 3.63) is 69.3 Å². The number of hydrogen-bond acceptors (Lipinski definition) is 1. The first-order chi connectivity index (χ1) is 10.7. The van der Waals surface area contributed by atoms with Gasteiger partial charge in [0.15, 0.2) is 5.43 Å². The highest BCUT2D eigenvalue weighted by atomic mass is 35.5. The number of benzene rings is 3. The van der Waals surface area contributed by atoms with Crippen LogP contribution >= 0.6 is 11.6 Å². The van der Waals surface area contributed by atoms with Gasteiger partial charge in [-0.25, -0.2) is 0 Å². The van der Waals surface area contributed by atoms with Crippen LogP contribution in [-0.2, 0) is 6.42 Å². The van der Waals surface area contributed by atoms with E-state index in [1.54, 1.807) is 0 Å². The Bertz CT molecular complexity index is 1100. The van der Waals surface area contributed by atoms with Crippen LogP contribution in [0.15, 0.2) is 53.3 Å². The Morgan fingerprint density at radius 2 is 1.73 bits per heavy atom. The maximum absolute atomic E-state index is 13.0. The molecule has 0 atom stereocenters. The second-order valence-electron chi connectivity index (χ2n) is 5.47. The van der Waals surface area contributed by atoms with E-state index < -0.39 is 0 Å². The highest BCUT2D eigenvalue weighted by Gasteiger charge is 2.11. The molecule has 0 spiro atoms. The van der Waals surface area contributed by atoms with Gasteiger partial charge in [0, 0.05) is 15.8 Å². The van der Waals surface area contributed by atoms with E-state index in [-0.39, 0.29) is 5.43 Å². The molecule has 4 rings (SSSR count). The van der Waals surface area contributed by atoms with Crippen LogP contribution in [0.3, 0.4) is 0 Å². The highest BCUT2D eigenvalue weighted by Crippen LogP contribution is 2.29. The number of nitrogens with one attached hydrogen (secondary N) is 1. The van der Waals surface area contributed by atoms with Gasteiger partial charge >= 0.3 is 0 Å². The molecule has 0 unspecified atom stereocenters. The minimum Gasteiger partial charge on any atom is -0.354 e. The summed E-state index contributed by atoms with van der Waals surface area (Å²) in [5, 5.41) is 3.92. The number of H-pyrrole nitrogens is 1. The average Bonchev–Trinajstić information content (AvgIpc) is 2.54. The molecule has 108 valence electrons. The summed E-state index contributed by atoms with van der Waals surface area (Å²) in [5.74, 6) is 0. The molecule has 0 bridgehead atoms. The Morgan fingerprint density at radius 1 is 0.955 bits per heavy atom. The lowest BCUT2D eigenvalue weighted by Gasteiger charge is -2.09. The van der Waals surface area contributed by atoms with Crippen LogP contribution in [0, 0.1) is 0 Å². The van der Waals surface area contributed by atoms with Crippen molar-refractivity contribution < 1.29 is 0 Å². The third-order valence-corrected chi connectivity index (χ3v) is 4.60. The second-order valence-corrected chi connectivity index (χ2v) is 5.88. The number of rotatable bonds is 1. The lowest BCUT2D eigenvalue weighted by Crippen LogP contribution is -2.06. The van der Waals surface area contributed by atoms with Crippen LogP contribution in [0.5, 0.6) is 0 Å². The Morgan fingerprint density at radius 3 is 2.55 bits per heavy atom. The summed E-state index contributed by atoms with van der Waals surface area (Å²) in [6.07, 6.45) is 0.887. The number of aromatic nitrogens is 1. The summed E-state index contributed by atoms with van der Waals surface area (Å²) in [7, 11) is 0. The van der Waals surface area contributed by atoms with Crippen LogP contribution < -0.4 is 5.43 Å². The molecular weight excluding hydrogens is 294 g/mol. The van der Waals surface area contributed by atoms with Gasteiger partial charge in [0.2, 0.25) is 0 Å². The molecule has 1 N–H and O–H groups in total. The molecule has 4 aromatic rings. The molecule has 0 aliphatic rings. The van der Waals surface area contributed by atoms with E-state index in [9.17, 15) is 4.79 Å². The van der Waals surface area contributed by atoms with Gasteiger partial charge in [-0.2, -0.15) is 0 Å². The van der Waals surface area contributed by atoms with Crippen molar-refractivity contribution in [2.24, 2.45) is 0 Å². The van der Waals surface area contributed by atoms with Crippen molar-refractivity contribution in [1.82, 2.24) is 4.98 Å². The van der Waals surface area contributed by atoms with E-state index in [0.717, 1.165) is 39.2 Å². The molecule has 22 heavy (non-hydrogen) atoms. The van der Waals surface area contributed by atoms with E-state index >= 15 is 0 Å². The largest absolute Gasteiger partial charge is 0.354 e. The molecule has 3 heteroatoms. The molecule has 0 radical (unpaired) electrons. The van der Waals surface area contributed by atoms with Gasteiger partial charge in [-0.1, -0.05) is 48.9 Å². The number of para-hydroxylation sites is 1. The summed E-state index contributed by atoms with van der Waals surface area (Å²) >= 11 is 6.26. The standard InChI is InChI=1S/C19H14ClNO/c1-2-11-5-3-7-14-18(11)21-16-10-9-12-13(17(16)19(14)22)6-4-8-15(12)20/h3-10H,2H2,1H3,(H,21,22). The summed E-state index contributed by atoms with van der Waals surface area (Å²) in [6, 6.07) is 15.5. The Kier molecular flexibility index (Phi) is 2.95. The van der Waals surface area contributed by atoms with E-state index in [0.29, 0.717) is 10.4 Å². The first-order valence-electron chi connectivity index (χ1n) is 7.35. The first kappa shape index (κ1) is 13.4. The van der Waals surface area contributed by atoms with Crippen molar-refractivity contribution in [2.75, 3.05) is 0 Å². The molecular formula is C19H14ClNO. The Balaban J connectivity index is 2.30. The van der Waals surface area contributed by atoms with E-state index in [1.807, 2.05) is 42.5 Å². The van der Waals surface area contributed by atoms with Gasteiger partial charge < -0.3 is 4.98 Å². The van der Waals surface area contributed by atoms with Crippen molar-refractivity contribution in [2.45, 2.75) is 13.3 Å². The summed E-state index contributed by atoms with van der Waals surface area (Å²) in [4.78, 5) is 16.5. The maximum Gasteiger partial charge on any atom is 0.197 e. The van der Waals surface area contributed by atoms with Crippen molar-refractivity contribution in [3.63, 3.8) is 0 Å². The molecule has 0 amide bonds. The van der Waals surface area contributed by atoms with Gasteiger partial charge in [0.1, 0.15) is 0 Å². The second kappa shape index (κ2) is 4.85. The number of fused-ring (bicyclic) bond motifs is 4. The Hall–Kier alpha value is -2.32. The number of pyridine rings is 1. The van der Waals surface area contributed by atoms with Crippen molar-refractivity contribution in [1.29, 1.82) is 0 Å². The lowest BCUT2D eigenvalue weighted by molar-refractivity contribution is 1.15. The number of hydrogen-bond donors (Lipinski definition) is 1. The van der Waals surface area contributed by atoms with Gasteiger partial charge in [0.05, 0.1) is 16.4 Å². The predicted molar refractivity (Wildman–Crippen MR) is 94.0 cm³/mol. The normalized spacial score (nSPS) is 11.5. The molecule has 0 saturated carbocycles. The van der Waals surface area contributed by atoms with Gasteiger partial charge in [-0.15, -0.1) is 0 Å². The number of halogens is 1. The van der Waals surface area contributed by atoms with Gasteiger partial charge in [-0.3, -0.25) is 4.79 Å². The third-order valence-electron chi connectivity index (χ3n) is 4.27. The van der Waals surface area contributed by atoms with E-state index in [2.05, 4.69) is 18.0 Å². The fourth-order valence-corrected chi connectivity index (χ4v) is 3.41. The molecule has 1 aromatic heterocycles. The predicted octanol–water partition coefficient (Wildman–Crippen LogP) is 5.05. The number of aryl methyl sites for hydroxylation is 1. The Labute approximate surface area is 132 Å². The maximum atomic E-state index is 13.0. The molecule has 1 heterocycles. The number of aromatic amines is 1. The summed E-state index contributed by atoms with van der Waals surface area (Å²) in [5.41, 5.74) is 3.01. The van der Waals surface area contributed by atoms with Crippen molar-refractivity contribution >= 4 is 44.2 Å². The summed E-state index contributed by atoms with van der Waals surface area (Å²) < 4.78 is 0. The molecule has 0 fully saturated rings. The van der Waals surface area contributed by atoms with Crippen LogP contribution in [0.4, 0.5) is 0 Å². The minimum absolute atomic E-state index is 0.0620. The zero-order valence-corrected chi connectivity index (χ0v) is 12.9. The van der Waals surface area contributed by atoms with Crippen LogP contribution in [0.2, 0.25) is 5.02 Å². The molecule has 0 saturated heterocycles. The van der Waals surface area contributed by atoms with E-state index in [4.69, 9.17) is 11.6 Å². The topological polar surface area (TPSA) is 32.9 Å². The van der Waals surface area contributed by atoms with Crippen molar-refractivity contribution in [3.8, 4) is 0 Å². The lowest BCUT2D eigenvalue weighted by atomic mass is 10.0. The molecule has 3 aromatic carbocycles. The molecule has 2 nitrogen and oxygen atoms in total. The van der Waals surface area contributed by atoms with Crippen LogP contribution in [0.1, 0.15) is 12.5 Å². The zero-order valence-electron chi connectivity index (χ0n) is 12.1. The SMILES string of the molecule is CCc1cccc2c(=O)c3c(ccc4c(Cl)cccc43)[nH]c12. The fourth-order valence-electron chi connectivity index (χ4n) is 3.17. The van der Waals surface area contributed by atoms with Crippen LogP contribution in [-0.4, -0.2) is 4.98 Å². The highest BCUT2D eigenvalue weighted by molar-refractivity contribution is 6.36. The van der Waals surface area contributed by atoms with Gasteiger partial charge in [0.25, 0.3) is 0 Å². The molecule has 0 aliphatic heterocycles. The molecule has 0 aliphatic carbocycles. The van der Waals surface area contributed by atoms with Gasteiger partial charge in [-0.05, 0) is 35.6 Å². The first-order valence-corrected chi connectivity index (χ1v) is 7.73. The third kappa shape index (κ3) is 1.77. The summed E-state index contributed by atoms with van der Waals surface area (Å²) in [6.45, 7) is 2.09. The zero-order chi connectivity index (χ0) is 15.3. The minimum atomic E-state index is 0.0620. The smallest absolute Gasteiger partial charge is 0.197 e. The quantitative estimate of drug-likeness (QED) is 0.387. The average molecular weight is 308 g/mol. The van der Waals surface area contributed by atoms with Crippen LogP contribution in [0.25, 0.3) is 32.6 Å². The monoisotopic (exact) mass is 307 g/mol.